The Morgan fingerprint density at radius 1 is 1.22 bits per heavy atom. The zero-order chi connectivity index (χ0) is 18.6. The molecule has 0 unspecified atom stereocenters. The summed E-state index contributed by atoms with van der Waals surface area (Å²) >= 11 is 8.65. The standard InChI is InChI=1S/C19H18N4OS3/c24-17(20-9-7-13-12-27-15-5-2-1-4-14(13)15)8-10-23-18(21-22-19(23)25)16-6-3-11-26-16/h1-6,11-12H,7-10H2,(H,20,24)(H,22,25). The number of aromatic amines is 1. The molecule has 138 valence electrons. The summed E-state index contributed by atoms with van der Waals surface area (Å²) < 4.78 is 3.71. The first-order valence-corrected chi connectivity index (χ1v) is 10.8. The van der Waals surface area contributed by atoms with Gasteiger partial charge in [-0.25, -0.2) is 0 Å². The number of amides is 1. The van der Waals surface area contributed by atoms with Crippen LogP contribution in [0.2, 0.25) is 0 Å². The van der Waals surface area contributed by atoms with Gasteiger partial charge in [-0.1, -0.05) is 24.3 Å². The first kappa shape index (κ1) is 18.1. The number of hydrogen-bond acceptors (Lipinski definition) is 5. The van der Waals surface area contributed by atoms with Crippen LogP contribution in [0.15, 0.2) is 47.2 Å². The summed E-state index contributed by atoms with van der Waals surface area (Å²) in [6, 6.07) is 12.3. The SMILES string of the molecule is O=C(CCn1c(-c2cccs2)n[nH]c1=S)NCCc1csc2ccccc12. The first-order valence-electron chi connectivity index (χ1n) is 8.63. The molecule has 0 aliphatic heterocycles. The Bertz CT molecular complexity index is 1110. The number of aromatic nitrogens is 3. The minimum Gasteiger partial charge on any atom is -0.356 e. The number of nitrogens with one attached hydrogen (secondary N) is 2. The fraction of sp³-hybridized carbons (Fsp3) is 0.211. The normalized spacial score (nSPS) is 11.1. The topological polar surface area (TPSA) is 62.7 Å². The Morgan fingerprint density at radius 3 is 2.96 bits per heavy atom. The van der Waals surface area contributed by atoms with E-state index in [0.717, 1.165) is 17.1 Å². The number of hydrogen-bond donors (Lipinski definition) is 2. The van der Waals surface area contributed by atoms with Crippen LogP contribution in [0.1, 0.15) is 12.0 Å². The van der Waals surface area contributed by atoms with Gasteiger partial charge in [0.2, 0.25) is 5.91 Å². The van der Waals surface area contributed by atoms with Gasteiger partial charge in [-0.15, -0.1) is 22.7 Å². The van der Waals surface area contributed by atoms with Gasteiger partial charge in [0, 0.05) is 24.2 Å². The molecule has 1 amide bonds. The fourth-order valence-electron chi connectivity index (χ4n) is 2.98. The van der Waals surface area contributed by atoms with E-state index in [1.165, 1.54) is 15.6 Å². The minimum atomic E-state index is 0.0229. The van der Waals surface area contributed by atoms with Crippen LogP contribution in [-0.2, 0) is 17.8 Å². The summed E-state index contributed by atoms with van der Waals surface area (Å²) in [4.78, 5) is 13.3. The molecule has 0 atom stereocenters. The smallest absolute Gasteiger partial charge is 0.221 e. The number of carbonyl (C=O) groups excluding carboxylic acids is 1. The molecule has 0 spiro atoms. The van der Waals surface area contributed by atoms with Gasteiger partial charge >= 0.3 is 0 Å². The van der Waals surface area contributed by atoms with Crippen LogP contribution in [0.4, 0.5) is 0 Å². The highest BCUT2D eigenvalue weighted by atomic mass is 32.1. The van der Waals surface area contributed by atoms with Crippen molar-refractivity contribution in [3.05, 3.63) is 57.5 Å². The Balaban J connectivity index is 1.32. The van der Waals surface area contributed by atoms with Gasteiger partial charge in [0.05, 0.1) is 4.88 Å². The van der Waals surface area contributed by atoms with E-state index in [9.17, 15) is 4.79 Å². The molecule has 8 heteroatoms. The number of thiophene rings is 2. The number of benzene rings is 1. The van der Waals surface area contributed by atoms with Crippen molar-refractivity contribution < 1.29 is 4.79 Å². The van der Waals surface area contributed by atoms with E-state index in [1.807, 2.05) is 22.1 Å². The molecular weight excluding hydrogens is 396 g/mol. The minimum absolute atomic E-state index is 0.0229. The maximum absolute atomic E-state index is 12.3. The van der Waals surface area contributed by atoms with E-state index < -0.39 is 0 Å². The van der Waals surface area contributed by atoms with Crippen LogP contribution in [0, 0.1) is 4.77 Å². The van der Waals surface area contributed by atoms with Gasteiger partial charge in [0.25, 0.3) is 0 Å². The fourth-order valence-corrected chi connectivity index (χ4v) is 4.93. The van der Waals surface area contributed by atoms with E-state index >= 15 is 0 Å². The van der Waals surface area contributed by atoms with Crippen molar-refractivity contribution in [2.24, 2.45) is 0 Å². The predicted octanol–water partition coefficient (Wildman–Crippen LogP) is 4.63. The van der Waals surface area contributed by atoms with Crippen molar-refractivity contribution in [3.63, 3.8) is 0 Å². The quantitative estimate of drug-likeness (QED) is 0.433. The summed E-state index contributed by atoms with van der Waals surface area (Å²) in [6.45, 7) is 1.14. The highest BCUT2D eigenvalue weighted by Gasteiger charge is 2.11. The molecule has 1 aromatic carbocycles. The number of rotatable bonds is 7. The van der Waals surface area contributed by atoms with E-state index in [2.05, 4.69) is 45.2 Å². The monoisotopic (exact) mass is 414 g/mol. The van der Waals surface area contributed by atoms with Crippen LogP contribution in [0.25, 0.3) is 20.8 Å². The number of carbonyl (C=O) groups is 1. The third-order valence-electron chi connectivity index (χ3n) is 4.34. The average molecular weight is 415 g/mol. The Labute approximate surface area is 169 Å². The van der Waals surface area contributed by atoms with Gasteiger partial charge < -0.3 is 5.32 Å². The third-order valence-corrected chi connectivity index (χ3v) is 6.53. The van der Waals surface area contributed by atoms with Crippen molar-refractivity contribution in [2.45, 2.75) is 19.4 Å². The van der Waals surface area contributed by atoms with Gasteiger partial charge in [0.15, 0.2) is 10.6 Å². The number of nitrogens with zero attached hydrogens (tertiary/aromatic N) is 2. The average Bonchev–Trinajstić information content (AvgIpc) is 3.40. The summed E-state index contributed by atoms with van der Waals surface area (Å²) in [5.74, 6) is 0.808. The molecule has 2 N–H and O–H groups in total. The van der Waals surface area contributed by atoms with Crippen LogP contribution in [0.5, 0.6) is 0 Å². The predicted molar refractivity (Wildman–Crippen MR) is 114 cm³/mol. The molecule has 27 heavy (non-hydrogen) atoms. The van der Waals surface area contributed by atoms with Crippen molar-refractivity contribution in [1.29, 1.82) is 0 Å². The lowest BCUT2D eigenvalue weighted by atomic mass is 10.1. The molecule has 3 aromatic heterocycles. The maximum atomic E-state index is 12.3. The molecule has 4 aromatic rings. The maximum Gasteiger partial charge on any atom is 0.221 e. The van der Waals surface area contributed by atoms with Crippen molar-refractivity contribution in [3.8, 4) is 10.7 Å². The lowest BCUT2D eigenvalue weighted by molar-refractivity contribution is -0.121. The largest absolute Gasteiger partial charge is 0.356 e. The second kappa shape index (κ2) is 8.16. The Kier molecular flexibility index (Phi) is 5.47. The molecule has 0 radical (unpaired) electrons. The van der Waals surface area contributed by atoms with Crippen molar-refractivity contribution in [1.82, 2.24) is 20.1 Å². The van der Waals surface area contributed by atoms with E-state index in [1.54, 1.807) is 22.7 Å². The zero-order valence-electron chi connectivity index (χ0n) is 14.5. The van der Waals surface area contributed by atoms with Gasteiger partial charge in [-0.2, -0.15) is 5.10 Å². The van der Waals surface area contributed by atoms with E-state index in [0.29, 0.717) is 24.3 Å². The first-order chi connectivity index (χ1) is 13.2. The molecular formula is C19H18N4OS3. The lowest BCUT2D eigenvalue weighted by Crippen LogP contribution is -2.26. The van der Waals surface area contributed by atoms with Crippen molar-refractivity contribution >= 4 is 50.9 Å². The van der Waals surface area contributed by atoms with Crippen LogP contribution < -0.4 is 5.32 Å². The van der Waals surface area contributed by atoms with Gasteiger partial charge in [-0.3, -0.25) is 14.5 Å². The van der Waals surface area contributed by atoms with E-state index in [-0.39, 0.29) is 5.91 Å². The molecule has 0 fully saturated rings. The molecule has 0 aliphatic rings. The molecule has 5 nitrogen and oxygen atoms in total. The molecule has 0 aliphatic carbocycles. The highest BCUT2D eigenvalue weighted by molar-refractivity contribution is 7.71. The molecule has 0 saturated heterocycles. The molecule has 4 rings (SSSR count). The second-order valence-corrected chi connectivity index (χ2v) is 8.33. The Morgan fingerprint density at radius 2 is 2.11 bits per heavy atom. The summed E-state index contributed by atoms with van der Waals surface area (Å²) in [7, 11) is 0. The second-order valence-electron chi connectivity index (χ2n) is 6.09. The number of fused-ring (bicyclic) bond motifs is 1. The van der Waals surface area contributed by atoms with E-state index in [4.69, 9.17) is 12.2 Å². The lowest BCUT2D eigenvalue weighted by Gasteiger charge is -2.07. The molecule has 3 heterocycles. The van der Waals surface area contributed by atoms with Gasteiger partial charge in [0.1, 0.15) is 0 Å². The zero-order valence-corrected chi connectivity index (χ0v) is 16.9. The summed E-state index contributed by atoms with van der Waals surface area (Å²) in [5.41, 5.74) is 1.29. The Hall–Kier alpha value is -2.29. The van der Waals surface area contributed by atoms with Crippen LogP contribution >= 0.6 is 34.9 Å². The van der Waals surface area contributed by atoms with Crippen LogP contribution in [0.3, 0.4) is 0 Å². The number of H-pyrrole nitrogens is 1. The van der Waals surface area contributed by atoms with Crippen molar-refractivity contribution in [2.75, 3.05) is 6.54 Å². The van der Waals surface area contributed by atoms with Crippen LogP contribution in [-0.4, -0.2) is 27.2 Å². The summed E-state index contributed by atoms with van der Waals surface area (Å²) in [6.07, 6.45) is 1.21. The third kappa shape index (κ3) is 4.02. The highest BCUT2D eigenvalue weighted by Crippen LogP contribution is 2.26. The summed E-state index contributed by atoms with van der Waals surface area (Å²) in [5, 5.41) is 15.6. The molecule has 0 bridgehead atoms. The van der Waals surface area contributed by atoms with Gasteiger partial charge in [-0.05, 0) is 52.5 Å². The molecule has 0 saturated carbocycles.